The molecule has 0 aliphatic carbocycles. The number of unbranched alkanes of at least 4 members (excludes halogenated alkanes) is 1. The SMILES string of the molecule is CCCCC(CC)N1CCS(=O)(=O)CC1CC(=O)O. The van der Waals surface area contributed by atoms with Crippen LogP contribution in [0, 0.1) is 0 Å². The molecule has 0 aromatic rings. The molecule has 0 bridgehead atoms. The van der Waals surface area contributed by atoms with E-state index in [-0.39, 0.29) is 24.0 Å². The first-order valence-corrected chi connectivity index (χ1v) is 8.89. The Labute approximate surface area is 115 Å². The van der Waals surface area contributed by atoms with E-state index < -0.39 is 15.8 Å². The first-order valence-electron chi connectivity index (χ1n) is 7.07. The highest BCUT2D eigenvalue weighted by atomic mass is 32.2. The first kappa shape index (κ1) is 16.4. The van der Waals surface area contributed by atoms with E-state index in [4.69, 9.17) is 5.11 Å². The number of rotatable bonds is 7. The average molecular weight is 291 g/mol. The highest BCUT2D eigenvalue weighted by molar-refractivity contribution is 7.91. The summed E-state index contributed by atoms with van der Waals surface area (Å²) < 4.78 is 23.4. The zero-order valence-corrected chi connectivity index (χ0v) is 12.7. The van der Waals surface area contributed by atoms with Crippen LogP contribution in [0.15, 0.2) is 0 Å². The molecule has 5 nitrogen and oxygen atoms in total. The Balaban J connectivity index is 2.79. The van der Waals surface area contributed by atoms with E-state index in [1.807, 2.05) is 0 Å². The molecule has 0 amide bonds. The van der Waals surface area contributed by atoms with Gasteiger partial charge >= 0.3 is 5.97 Å². The van der Waals surface area contributed by atoms with Gasteiger partial charge in [0.2, 0.25) is 0 Å². The van der Waals surface area contributed by atoms with Crippen molar-refractivity contribution >= 4 is 15.8 Å². The van der Waals surface area contributed by atoms with Crippen molar-refractivity contribution in [2.24, 2.45) is 0 Å². The molecule has 1 rings (SSSR count). The Morgan fingerprint density at radius 1 is 1.42 bits per heavy atom. The van der Waals surface area contributed by atoms with Gasteiger partial charge in [0.05, 0.1) is 17.9 Å². The van der Waals surface area contributed by atoms with Crippen LogP contribution in [0.1, 0.15) is 46.0 Å². The third kappa shape index (κ3) is 5.10. The summed E-state index contributed by atoms with van der Waals surface area (Å²) >= 11 is 0. The van der Waals surface area contributed by atoms with Crippen LogP contribution in [0.25, 0.3) is 0 Å². The summed E-state index contributed by atoms with van der Waals surface area (Å²) in [6, 6.07) is -0.0575. The van der Waals surface area contributed by atoms with Gasteiger partial charge in [-0.3, -0.25) is 9.69 Å². The molecular formula is C13H25NO4S. The van der Waals surface area contributed by atoms with Crippen molar-refractivity contribution in [3.63, 3.8) is 0 Å². The Kier molecular flexibility index (Phi) is 6.26. The van der Waals surface area contributed by atoms with Gasteiger partial charge in [0.15, 0.2) is 9.84 Å². The van der Waals surface area contributed by atoms with Crippen LogP contribution in [0.3, 0.4) is 0 Å². The van der Waals surface area contributed by atoms with Gasteiger partial charge in [0, 0.05) is 18.6 Å². The number of nitrogens with zero attached hydrogens (tertiary/aromatic N) is 1. The lowest BCUT2D eigenvalue weighted by atomic mass is 10.0. The number of carbonyl (C=O) groups is 1. The molecule has 2 unspecified atom stereocenters. The van der Waals surface area contributed by atoms with Crippen LogP contribution in [0.5, 0.6) is 0 Å². The average Bonchev–Trinajstić information content (AvgIpc) is 2.30. The van der Waals surface area contributed by atoms with E-state index in [9.17, 15) is 13.2 Å². The van der Waals surface area contributed by atoms with Gasteiger partial charge in [0.1, 0.15) is 0 Å². The molecule has 0 spiro atoms. The molecule has 0 aromatic heterocycles. The number of carboxylic acid groups (broad SMARTS) is 1. The fraction of sp³-hybridized carbons (Fsp3) is 0.923. The molecule has 2 atom stereocenters. The van der Waals surface area contributed by atoms with E-state index in [2.05, 4.69) is 18.7 Å². The number of hydrogen-bond acceptors (Lipinski definition) is 4. The first-order chi connectivity index (χ1) is 8.89. The summed E-state index contributed by atoms with van der Waals surface area (Å²) in [4.78, 5) is 13.0. The minimum Gasteiger partial charge on any atom is -0.481 e. The highest BCUT2D eigenvalue weighted by Crippen LogP contribution is 2.22. The van der Waals surface area contributed by atoms with E-state index in [0.29, 0.717) is 12.6 Å². The third-order valence-corrected chi connectivity index (χ3v) is 5.51. The van der Waals surface area contributed by atoms with Gasteiger partial charge in [-0.1, -0.05) is 26.7 Å². The molecule has 0 aromatic carbocycles. The fourth-order valence-electron chi connectivity index (χ4n) is 2.80. The maximum atomic E-state index is 11.7. The van der Waals surface area contributed by atoms with Crippen molar-refractivity contribution in [3.8, 4) is 0 Å². The van der Waals surface area contributed by atoms with Gasteiger partial charge in [0.25, 0.3) is 0 Å². The van der Waals surface area contributed by atoms with Crippen LogP contribution in [0.4, 0.5) is 0 Å². The van der Waals surface area contributed by atoms with E-state index in [1.165, 1.54) is 0 Å². The quantitative estimate of drug-likeness (QED) is 0.770. The maximum absolute atomic E-state index is 11.7. The normalized spacial score (nSPS) is 25.1. The lowest BCUT2D eigenvalue weighted by Crippen LogP contribution is -2.53. The van der Waals surface area contributed by atoms with E-state index in [0.717, 1.165) is 25.7 Å². The van der Waals surface area contributed by atoms with Gasteiger partial charge in [-0.15, -0.1) is 0 Å². The van der Waals surface area contributed by atoms with Crippen LogP contribution < -0.4 is 0 Å². The van der Waals surface area contributed by atoms with Crippen molar-refractivity contribution in [2.45, 2.75) is 58.0 Å². The predicted octanol–water partition coefficient (Wildman–Crippen LogP) is 1.53. The summed E-state index contributed by atoms with van der Waals surface area (Å²) in [5.74, 6) is -0.773. The molecule has 0 radical (unpaired) electrons. The summed E-state index contributed by atoms with van der Waals surface area (Å²) in [6.07, 6.45) is 4.08. The van der Waals surface area contributed by atoms with Crippen molar-refractivity contribution < 1.29 is 18.3 Å². The second kappa shape index (κ2) is 7.24. The molecule has 1 aliphatic rings. The van der Waals surface area contributed by atoms with Crippen molar-refractivity contribution in [3.05, 3.63) is 0 Å². The molecular weight excluding hydrogens is 266 g/mol. The molecule has 19 heavy (non-hydrogen) atoms. The molecule has 1 N–H and O–H groups in total. The number of sulfone groups is 1. The summed E-state index contributed by atoms with van der Waals surface area (Å²) in [5, 5.41) is 8.96. The predicted molar refractivity (Wildman–Crippen MR) is 75.0 cm³/mol. The minimum atomic E-state index is -3.08. The lowest BCUT2D eigenvalue weighted by Gasteiger charge is -2.40. The molecule has 1 fully saturated rings. The van der Waals surface area contributed by atoms with Crippen LogP contribution in [-0.2, 0) is 14.6 Å². The minimum absolute atomic E-state index is 0.0120. The van der Waals surface area contributed by atoms with Crippen LogP contribution in [-0.4, -0.2) is 54.5 Å². The van der Waals surface area contributed by atoms with E-state index in [1.54, 1.807) is 0 Å². The molecule has 112 valence electrons. The summed E-state index contributed by atoms with van der Waals surface area (Å²) in [6.45, 7) is 4.69. The van der Waals surface area contributed by atoms with Crippen molar-refractivity contribution in [2.75, 3.05) is 18.1 Å². The third-order valence-electron chi connectivity index (χ3n) is 3.82. The number of aliphatic carboxylic acids is 1. The van der Waals surface area contributed by atoms with Crippen molar-refractivity contribution in [1.29, 1.82) is 0 Å². The summed E-state index contributed by atoms with van der Waals surface area (Å²) in [7, 11) is -3.08. The number of carboxylic acids is 1. The highest BCUT2D eigenvalue weighted by Gasteiger charge is 2.35. The van der Waals surface area contributed by atoms with Crippen LogP contribution in [0.2, 0.25) is 0 Å². The van der Waals surface area contributed by atoms with Gasteiger partial charge in [-0.2, -0.15) is 0 Å². The zero-order valence-electron chi connectivity index (χ0n) is 11.8. The smallest absolute Gasteiger partial charge is 0.304 e. The van der Waals surface area contributed by atoms with Gasteiger partial charge in [-0.05, 0) is 12.8 Å². The number of hydrogen-bond donors (Lipinski definition) is 1. The molecule has 6 heteroatoms. The molecule has 1 saturated heterocycles. The van der Waals surface area contributed by atoms with Gasteiger partial charge < -0.3 is 5.11 Å². The fourth-order valence-corrected chi connectivity index (χ4v) is 4.35. The Morgan fingerprint density at radius 3 is 2.63 bits per heavy atom. The monoisotopic (exact) mass is 291 g/mol. The van der Waals surface area contributed by atoms with E-state index >= 15 is 0 Å². The Hall–Kier alpha value is -0.620. The molecule has 0 saturated carbocycles. The Morgan fingerprint density at radius 2 is 2.11 bits per heavy atom. The largest absolute Gasteiger partial charge is 0.481 e. The van der Waals surface area contributed by atoms with Crippen LogP contribution >= 0.6 is 0 Å². The second-order valence-electron chi connectivity index (χ2n) is 5.31. The summed E-state index contributed by atoms with van der Waals surface area (Å²) in [5.41, 5.74) is 0. The zero-order chi connectivity index (χ0) is 14.5. The lowest BCUT2D eigenvalue weighted by molar-refractivity contribution is -0.138. The van der Waals surface area contributed by atoms with Gasteiger partial charge in [-0.25, -0.2) is 8.42 Å². The second-order valence-corrected chi connectivity index (χ2v) is 7.54. The topological polar surface area (TPSA) is 74.7 Å². The molecule has 1 aliphatic heterocycles. The standard InChI is InChI=1S/C13H25NO4S/c1-3-5-6-11(4-2)14-7-8-19(17,18)10-12(14)9-13(15)16/h11-12H,3-10H2,1-2H3,(H,15,16). The maximum Gasteiger partial charge on any atom is 0.304 e. The Bertz CT molecular complexity index is 393. The molecule has 1 heterocycles. The van der Waals surface area contributed by atoms with Crippen molar-refractivity contribution in [1.82, 2.24) is 4.90 Å².